The SMILES string of the molecule is COc1ccccc1-c1noc(C(C)NC(=O)COc2ccc(Cl)c(C)c2)n1. The Bertz CT molecular complexity index is 974. The first kappa shape index (κ1) is 19.7. The minimum absolute atomic E-state index is 0.140. The summed E-state index contributed by atoms with van der Waals surface area (Å²) >= 11 is 5.98. The summed E-state index contributed by atoms with van der Waals surface area (Å²) in [6.07, 6.45) is 0. The molecular weight excluding hydrogens is 382 g/mol. The maximum atomic E-state index is 12.2. The van der Waals surface area contributed by atoms with Crippen molar-refractivity contribution in [2.24, 2.45) is 0 Å². The van der Waals surface area contributed by atoms with Crippen molar-refractivity contribution in [3.63, 3.8) is 0 Å². The monoisotopic (exact) mass is 401 g/mol. The van der Waals surface area contributed by atoms with Crippen LogP contribution in [0.25, 0.3) is 11.4 Å². The summed E-state index contributed by atoms with van der Waals surface area (Å²) in [5.41, 5.74) is 1.59. The molecule has 0 saturated heterocycles. The number of hydrogen-bond acceptors (Lipinski definition) is 6. The molecule has 0 fully saturated rings. The number of para-hydroxylation sites is 1. The highest BCUT2D eigenvalue weighted by Gasteiger charge is 2.19. The minimum atomic E-state index is -0.473. The smallest absolute Gasteiger partial charge is 0.258 e. The van der Waals surface area contributed by atoms with Gasteiger partial charge in [-0.25, -0.2) is 0 Å². The molecule has 8 heteroatoms. The number of nitrogens with zero attached hydrogens (tertiary/aromatic N) is 2. The zero-order chi connectivity index (χ0) is 20.1. The lowest BCUT2D eigenvalue weighted by molar-refractivity contribution is -0.123. The lowest BCUT2D eigenvalue weighted by Gasteiger charge is -2.11. The summed E-state index contributed by atoms with van der Waals surface area (Å²) in [4.78, 5) is 16.5. The van der Waals surface area contributed by atoms with Gasteiger partial charge in [0.15, 0.2) is 6.61 Å². The van der Waals surface area contributed by atoms with E-state index in [9.17, 15) is 4.79 Å². The maximum absolute atomic E-state index is 12.2. The maximum Gasteiger partial charge on any atom is 0.258 e. The third-order valence-electron chi connectivity index (χ3n) is 4.04. The standard InChI is InChI=1S/C20H20ClN3O4/c1-12-10-14(8-9-16(12)21)27-11-18(25)22-13(2)20-23-19(24-28-20)15-6-4-5-7-17(15)26-3/h4-10,13H,11H2,1-3H3,(H,22,25). The molecule has 0 aliphatic heterocycles. The summed E-state index contributed by atoms with van der Waals surface area (Å²) in [6, 6.07) is 12.1. The molecule has 3 aromatic rings. The van der Waals surface area contributed by atoms with Gasteiger partial charge < -0.3 is 19.3 Å². The number of nitrogens with one attached hydrogen (secondary N) is 1. The van der Waals surface area contributed by atoms with Gasteiger partial charge in [0.25, 0.3) is 5.91 Å². The van der Waals surface area contributed by atoms with Gasteiger partial charge in [-0.05, 0) is 49.7 Å². The highest BCUT2D eigenvalue weighted by Crippen LogP contribution is 2.28. The van der Waals surface area contributed by atoms with E-state index in [0.29, 0.717) is 27.9 Å². The van der Waals surface area contributed by atoms with Gasteiger partial charge in [-0.1, -0.05) is 28.9 Å². The van der Waals surface area contributed by atoms with Crippen molar-refractivity contribution in [2.75, 3.05) is 13.7 Å². The fourth-order valence-electron chi connectivity index (χ4n) is 2.55. The van der Waals surface area contributed by atoms with E-state index in [-0.39, 0.29) is 18.4 Å². The van der Waals surface area contributed by atoms with E-state index >= 15 is 0 Å². The quantitative estimate of drug-likeness (QED) is 0.644. The van der Waals surface area contributed by atoms with Crippen LogP contribution in [0.2, 0.25) is 5.02 Å². The van der Waals surface area contributed by atoms with Crippen LogP contribution < -0.4 is 14.8 Å². The molecule has 3 rings (SSSR count). The number of amides is 1. The van der Waals surface area contributed by atoms with E-state index in [1.807, 2.05) is 31.2 Å². The number of methoxy groups -OCH3 is 1. The number of rotatable bonds is 7. The number of aromatic nitrogens is 2. The topological polar surface area (TPSA) is 86.5 Å². The summed E-state index contributed by atoms with van der Waals surface area (Å²) in [7, 11) is 1.57. The molecule has 1 atom stereocenters. The van der Waals surface area contributed by atoms with Crippen LogP contribution in [0, 0.1) is 6.92 Å². The molecule has 0 bridgehead atoms. The van der Waals surface area contributed by atoms with E-state index in [1.165, 1.54) is 0 Å². The van der Waals surface area contributed by atoms with Gasteiger partial charge in [-0.15, -0.1) is 0 Å². The third-order valence-corrected chi connectivity index (χ3v) is 4.46. The first-order chi connectivity index (χ1) is 13.5. The van der Waals surface area contributed by atoms with E-state index in [4.69, 9.17) is 25.6 Å². The van der Waals surface area contributed by atoms with Crippen molar-refractivity contribution in [1.29, 1.82) is 0 Å². The molecule has 0 aliphatic carbocycles. The largest absolute Gasteiger partial charge is 0.496 e. The van der Waals surface area contributed by atoms with Crippen LogP contribution in [0.5, 0.6) is 11.5 Å². The molecule has 0 saturated carbocycles. The summed E-state index contributed by atoms with van der Waals surface area (Å²) < 4.78 is 16.1. The number of benzene rings is 2. The molecule has 2 aromatic carbocycles. The van der Waals surface area contributed by atoms with Crippen molar-refractivity contribution < 1.29 is 18.8 Å². The van der Waals surface area contributed by atoms with E-state index in [2.05, 4.69) is 15.5 Å². The Morgan fingerprint density at radius 3 is 2.82 bits per heavy atom. The predicted octanol–water partition coefficient (Wildman–Crippen LogP) is 3.96. The van der Waals surface area contributed by atoms with E-state index in [1.54, 1.807) is 32.2 Å². The lowest BCUT2D eigenvalue weighted by Crippen LogP contribution is -2.31. The van der Waals surface area contributed by atoms with Crippen LogP contribution in [0.3, 0.4) is 0 Å². The zero-order valence-electron chi connectivity index (χ0n) is 15.7. The van der Waals surface area contributed by atoms with E-state index in [0.717, 1.165) is 5.56 Å². The van der Waals surface area contributed by atoms with Gasteiger partial charge in [0.2, 0.25) is 11.7 Å². The number of carbonyl (C=O) groups excluding carboxylic acids is 1. The molecule has 1 amide bonds. The Hall–Kier alpha value is -3.06. The molecule has 0 aliphatic rings. The second kappa shape index (κ2) is 8.75. The first-order valence-electron chi connectivity index (χ1n) is 8.63. The average Bonchev–Trinajstić information content (AvgIpc) is 3.19. The van der Waals surface area contributed by atoms with Crippen molar-refractivity contribution in [1.82, 2.24) is 15.5 Å². The molecule has 28 heavy (non-hydrogen) atoms. The fraction of sp³-hybridized carbons (Fsp3) is 0.250. The highest BCUT2D eigenvalue weighted by atomic mass is 35.5. The fourth-order valence-corrected chi connectivity index (χ4v) is 2.67. The number of aryl methyl sites for hydroxylation is 1. The third kappa shape index (κ3) is 4.61. The molecule has 146 valence electrons. The van der Waals surface area contributed by atoms with Gasteiger partial charge in [0, 0.05) is 5.02 Å². The molecular formula is C20H20ClN3O4. The predicted molar refractivity (Wildman–Crippen MR) is 105 cm³/mol. The minimum Gasteiger partial charge on any atom is -0.496 e. The van der Waals surface area contributed by atoms with Gasteiger partial charge in [-0.3, -0.25) is 4.79 Å². The van der Waals surface area contributed by atoms with Crippen LogP contribution in [0.15, 0.2) is 47.0 Å². The Kier molecular flexibility index (Phi) is 6.16. The van der Waals surface area contributed by atoms with Crippen molar-refractivity contribution in [3.8, 4) is 22.9 Å². The second-order valence-electron chi connectivity index (χ2n) is 6.15. The average molecular weight is 402 g/mol. The Morgan fingerprint density at radius 1 is 1.29 bits per heavy atom. The molecule has 1 unspecified atom stereocenters. The molecule has 1 heterocycles. The number of ether oxygens (including phenoxy) is 2. The normalized spacial score (nSPS) is 11.7. The van der Waals surface area contributed by atoms with Gasteiger partial charge in [0.05, 0.1) is 12.7 Å². The summed E-state index contributed by atoms with van der Waals surface area (Å²) in [6.45, 7) is 3.48. The first-order valence-corrected chi connectivity index (χ1v) is 9.01. The van der Waals surface area contributed by atoms with Crippen molar-refractivity contribution in [3.05, 3.63) is 58.9 Å². The molecule has 1 N–H and O–H groups in total. The van der Waals surface area contributed by atoms with Gasteiger partial charge in [0.1, 0.15) is 17.5 Å². The number of carbonyl (C=O) groups is 1. The second-order valence-corrected chi connectivity index (χ2v) is 6.55. The molecule has 1 aromatic heterocycles. The zero-order valence-corrected chi connectivity index (χ0v) is 16.5. The van der Waals surface area contributed by atoms with Gasteiger partial charge in [-0.2, -0.15) is 4.98 Å². The van der Waals surface area contributed by atoms with Crippen molar-refractivity contribution >= 4 is 17.5 Å². The molecule has 0 spiro atoms. The number of hydrogen-bond donors (Lipinski definition) is 1. The number of halogens is 1. The highest BCUT2D eigenvalue weighted by molar-refractivity contribution is 6.31. The Labute approximate surface area is 167 Å². The Morgan fingerprint density at radius 2 is 2.07 bits per heavy atom. The van der Waals surface area contributed by atoms with Crippen LogP contribution >= 0.6 is 11.6 Å². The van der Waals surface area contributed by atoms with Crippen LogP contribution in [0.4, 0.5) is 0 Å². The van der Waals surface area contributed by atoms with Crippen molar-refractivity contribution in [2.45, 2.75) is 19.9 Å². The van der Waals surface area contributed by atoms with Crippen LogP contribution in [-0.2, 0) is 4.79 Å². The lowest BCUT2D eigenvalue weighted by atomic mass is 10.2. The van der Waals surface area contributed by atoms with Crippen LogP contribution in [-0.4, -0.2) is 29.8 Å². The van der Waals surface area contributed by atoms with Gasteiger partial charge >= 0.3 is 0 Å². The molecule has 0 radical (unpaired) electrons. The Balaban J connectivity index is 1.60. The molecule has 7 nitrogen and oxygen atoms in total. The summed E-state index contributed by atoms with van der Waals surface area (Å²) in [5, 5.41) is 7.39. The van der Waals surface area contributed by atoms with E-state index < -0.39 is 6.04 Å². The summed E-state index contributed by atoms with van der Waals surface area (Å²) in [5.74, 6) is 1.58. The van der Waals surface area contributed by atoms with Crippen LogP contribution in [0.1, 0.15) is 24.4 Å².